The molecule has 0 atom stereocenters. The Balaban J connectivity index is 1.51. The standard InChI is InChI=1S/C17H19NO3S/c19-17(6-1-4-14-5-2-11-22-14)18-13-7-8-15-16(12-13)21-10-3-9-20-15/h2,5,7-8,11-12H,1,3-4,6,9-10H2,(H,18,19). The Bertz CT molecular complexity index is 625. The number of thiophene rings is 1. The molecule has 1 amide bonds. The van der Waals surface area contributed by atoms with E-state index in [2.05, 4.69) is 16.8 Å². The van der Waals surface area contributed by atoms with E-state index in [-0.39, 0.29) is 5.91 Å². The largest absolute Gasteiger partial charge is 0.490 e. The molecule has 1 aliphatic heterocycles. The van der Waals surface area contributed by atoms with Crippen LogP contribution in [0.15, 0.2) is 35.7 Å². The van der Waals surface area contributed by atoms with Gasteiger partial charge in [-0.25, -0.2) is 0 Å². The molecule has 22 heavy (non-hydrogen) atoms. The van der Waals surface area contributed by atoms with Crippen LogP contribution in [0.2, 0.25) is 0 Å². The first kappa shape index (κ1) is 14.9. The van der Waals surface area contributed by atoms with E-state index in [1.807, 2.05) is 24.3 Å². The summed E-state index contributed by atoms with van der Waals surface area (Å²) in [5.41, 5.74) is 0.755. The number of nitrogens with one attached hydrogen (secondary N) is 1. The molecule has 1 aliphatic rings. The van der Waals surface area contributed by atoms with E-state index in [1.54, 1.807) is 11.3 Å². The number of carbonyl (C=O) groups excluding carboxylic acids is 1. The van der Waals surface area contributed by atoms with E-state index in [4.69, 9.17) is 9.47 Å². The molecule has 2 aromatic rings. The van der Waals surface area contributed by atoms with Crippen LogP contribution in [0, 0.1) is 0 Å². The van der Waals surface area contributed by atoms with Gasteiger partial charge in [0.1, 0.15) is 0 Å². The molecule has 0 saturated carbocycles. The number of rotatable bonds is 5. The average molecular weight is 317 g/mol. The van der Waals surface area contributed by atoms with Gasteiger partial charge < -0.3 is 14.8 Å². The van der Waals surface area contributed by atoms with Crippen molar-refractivity contribution in [3.8, 4) is 11.5 Å². The minimum absolute atomic E-state index is 0.0334. The maximum Gasteiger partial charge on any atom is 0.224 e. The Morgan fingerprint density at radius 2 is 2.05 bits per heavy atom. The summed E-state index contributed by atoms with van der Waals surface area (Å²) in [7, 11) is 0. The van der Waals surface area contributed by atoms with Crippen molar-refractivity contribution in [2.45, 2.75) is 25.7 Å². The average Bonchev–Trinajstić information content (AvgIpc) is 2.91. The molecule has 0 spiro atoms. The molecular weight excluding hydrogens is 298 g/mol. The van der Waals surface area contributed by atoms with Crippen LogP contribution in [0.3, 0.4) is 0 Å². The van der Waals surface area contributed by atoms with Crippen LogP contribution in [0.25, 0.3) is 0 Å². The minimum atomic E-state index is 0.0334. The first-order valence-electron chi connectivity index (χ1n) is 7.53. The van der Waals surface area contributed by atoms with Gasteiger partial charge in [-0.1, -0.05) is 6.07 Å². The summed E-state index contributed by atoms with van der Waals surface area (Å²) in [6.45, 7) is 1.31. The van der Waals surface area contributed by atoms with Crippen molar-refractivity contribution < 1.29 is 14.3 Å². The fourth-order valence-corrected chi connectivity index (χ4v) is 3.09. The van der Waals surface area contributed by atoms with Crippen molar-refractivity contribution in [3.05, 3.63) is 40.6 Å². The number of hydrogen-bond donors (Lipinski definition) is 1. The van der Waals surface area contributed by atoms with Crippen molar-refractivity contribution in [2.75, 3.05) is 18.5 Å². The summed E-state index contributed by atoms with van der Waals surface area (Å²) < 4.78 is 11.2. The molecule has 4 nitrogen and oxygen atoms in total. The summed E-state index contributed by atoms with van der Waals surface area (Å²) in [5.74, 6) is 1.48. The molecule has 3 rings (SSSR count). The van der Waals surface area contributed by atoms with E-state index in [1.165, 1.54) is 4.88 Å². The molecular formula is C17H19NO3S. The molecule has 2 heterocycles. The first-order chi connectivity index (χ1) is 10.8. The lowest BCUT2D eigenvalue weighted by molar-refractivity contribution is -0.116. The predicted octanol–water partition coefficient (Wildman–Crippen LogP) is 3.87. The summed E-state index contributed by atoms with van der Waals surface area (Å²) >= 11 is 1.73. The molecule has 1 aromatic carbocycles. The zero-order valence-electron chi connectivity index (χ0n) is 12.3. The maximum atomic E-state index is 12.0. The molecule has 0 unspecified atom stereocenters. The molecule has 1 N–H and O–H groups in total. The molecule has 0 fully saturated rings. The summed E-state index contributed by atoms with van der Waals surface area (Å²) in [4.78, 5) is 13.3. The maximum absolute atomic E-state index is 12.0. The Morgan fingerprint density at radius 1 is 1.18 bits per heavy atom. The van der Waals surface area contributed by atoms with Gasteiger partial charge >= 0.3 is 0 Å². The van der Waals surface area contributed by atoms with Crippen LogP contribution >= 0.6 is 11.3 Å². The summed E-state index contributed by atoms with van der Waals surface area (Å²) in [6, 6.07) is 9.68. The Morgan fingerprint density at radius 3 is 2.86 bits per heavy atom. The van der Waals surface area contributed by atoms with Crippen LogP contribution in [0.1, 0.15) is 24.1 Å². The highest BCUT2D eigenvalue weighted by molar-refractivity contribution is 7.09. The van der Waals surface area contributed by atoms with Crippen LogP contribution < -0.4 is 14.8 Å². The number of aryl methyl sites for hydroxylation is 1. The Hall–Kier alpha value is -2.01. The van der Waals surface area contributed by atoms with Gasteiger partial charge in [-0.15, -0.1) is 11.3 Å². The van der Waals surface area contributed by atoms with Crippen LogP contribution in [-0.4, -0.2) is 19.1 Å². The number of ether oxygens (including phenoxy) is 2. The molecule has 5 heteroatoms. The first-order valence-corrected chi connectivity index (χ1v) is 8.41. The highest BCUT2D eigenvalue weighted by Crippen LogP contribution is 2.32. The second kappa shape index (κ2) is 7.31. The van der Waals surface area contributed by atoms with Gasteiger partial charge in [0, 0.05) is 29.5 Å². The number of anilines is 1. The molecule has 0 bridgehead atoms. The molecule has 0 radical (unpaired) electrons. The topological polar surface area (TPSA) is 47.6 Å². The zero-order chi connectivity index (χ0) is 15.2. The molecule has 116 valence electrons. The van der Waals surface area contributed by atoms with E-state index in [0.717, 1.165) is 30.7 Å². The zero-order valence-corrected chi connectivity index (χ0v) is 13.2. The van der Waals surface area contributed by atoms with Gasteiger partial charge in [-0.3, -0.25) is 4.79 Å². The monoisotopic (exact) mass is 317 g/mol. The number of hydrogen-bond acceptors (Lipinski definition) is 4. The fraction of sp³-hybridized carbons (Fsp3) is 0.353. The lowest BCUT2D eigenvalue weighted by atomic mass is 10.2. The SMILES string of the molecule is O=C(CCCc1cccs1)Nc1ccc2c(c1)OCCCO2. The van der Waals surface area contributed by atoms with E-state index < -0.39 is 0 Å². The smallest absolute Gasteiger partial charge is 0.224 e. The van der Waals surface area contributed by atoms with Gasteiger partial charge in [-0.2, -0.15) is 0 Å². The fourth-order valence-electron chi connectivity index (χ4n) is 2.34. The van der Waals surface area contributed by atoms with Crippen LogP contribution in [0.5, 0.6) is 11.5 Å². The van der Waals surface area contributed by atoms with E-state index in [0.29, 0.717) is 25.4 Å². The second-order valence-electron chi connectivity index (χ2n) is 5.19. The number of benzene rings is 1. The van der Waals surface area contributed by atoms with Crippen molar-refractivity contribution >= 4 is 22.9 Å². The molecule has 1 aromatic heterocycles. The van der Waals surface area contributed by atoms with Crippen LogP contribution in [0.4, 0.5) is 5.69 Å². The minimum Gasteiger partial charge on any atom is -0.490 e. The van der Waals surface area contributed by atoms with E-state index >= 15 is 0 Å². The summed E-state index contributed by atoms with van der Waals surface area (Å²) in [6.07, 6.45) is 3.20. The summed E-state index contributed by atoms with van der Waals surface area (Å²) in [5, 5.41) is 4.98. The Labute approximate surface area is 134 Å². The third kappa shape index (κ3) is 4.01. The number of fused-ring (bicyclic) bond motifs is 1. The third-order valence-electron chi connectivity index (χ3n) is 3.44. The van der Waals surface area contributed by atoms with Gasteiger partial charge in [0.15, 0.2) is 11.5 Å². The highest BCUT2D eigenvalue weighted by Gasteiger charge is 2.11. The van der Waals surface area contributed by atoms with E-state index in [9.17, 15) is 4.79 Å². The van der Waals surface area contributed by atoms with Gasteiger partial charge in [0.2, 0.25) is 5.91 Å². The molecule has 0 saturated heterocycles. The van der Waals surface area contributed by atoms with Gasteiger partial charge in [0.25, 0.3) is 0 Å². The third-order valence-corrected chi connectivity index (χ3v) is 4.37. The lowest BCUT2D eigenvalue weighted by Crippen LogP contribution is -2.11. The quantitative estimate of drug-likeness (QED) is 0.910. The van der Waals surface area contributed by atoms with Crippen molar-refractivity contribution in [1.29, 1.82) is 0 Å². The number of carbonyl (C=O) groups is 1. The predicted molar refractivity (Wildman–Crippen MR) is 87.9 cm³/mol. The van der Waals surface area contributed by atoms with Crippen molar-refractivity contribution in [1.82, 2.24) is 0 Å². The lowest BCUT2D eigenvalue weighted by Gasteiger charge is -2.10. The van der Waals surface area contributed by atoms with Gasteiger partial charge in [0.05, 0.1) is 13.2 Å². The Kier molecular flexibility index (Phi) is 4.96. The van der Waals surface area contributed by atoms with Gasteiger partial charge in [-0.05, 0) is 36.4 Å². The highest BCUT2D eigenvalue weighted by atomic mass is 32.1. The van der Waals surface area contributed by atoms with Crippen molar-refractivity contribution in [3.63, 3.8) is 0 Å². The van der Waals surface area contributed by atoms with Crippen LogP contribution in [-0.2, 0) is 11.2 Å². The van der Waals surface area contributed by atoms with Crippen molar-refractivity contribution in [2.24, 2.45) is 0 Å². The number of amides is 1. The second-order valence-corrected chi connectivity index (χ2v) is 6.23. The molecule has 0 aliphatic carbocycles. The normalized spacial score (nSPS) is 13.5.